The van der Waals surface area contributed by atoms with Crippen molar-refractivity contribution in [3.8, 4) is 0 Å². The lowest BCUT2D eigenvalue weighted by molar-refractivity contribution is -0.129. The molecule has 58 heavy (non-hydrogen) atoms. The molecular formula is C43H54N8O6S. The number of nitrogens with one attached hydrogen (secondary N) is 5. The van der Waals surface area contributed by atoms with E-state index in [-0.39, 0.29) is 30.2 Å². The van der Waals surface area contributed by atoms with Crippen LogP contribution in [-0.4, -0.2) is 93.7 Å². The van der Waals surface area contributed by atoms with Crippen molar-refractivity contribution in [2.24, 2.45) is 5.73 Å². The molecule has 0 radical (unpaired) electrons. The molecule has 5 rings (SSSR count). The van der Waals surface area contributed by atoms with Gasteiger partial charge in [0.25, 0.3) is 0 Å². The number of piperazine rings is 1. The zero-order valence-electron chi connectivity index (χ0n) is 32.9. The van der Waals surface area contributed by atoms with Crippen LogP contribution in [-0.2, 0) is 55.1 Å². The molecule has 2 atom stereocenters. The highest BCUT2D eigenvalue weighted by Gasteiger charge is 2.30. The molecule has 0 aliphatic carbocycles. The third-order valence-corrected chi connectivity index (χ3v) is 11.5. The molecule has 1 heterocycles. The maximum atomic E-state index is 14.2. The molecule has 0 unspecified atom stereocenters. The maximum absolute atomic E-state index is 14.2. The van der Waals surface area contributed by atoms with E-state index in [2.05, 4.69) is 42.7 Å². The molecule has 0 saturated carbocycles. The van der Waals surface area contributed by atoms with Gasteiger partial charge in [-0.05, 0) is 78.0 Å². The Bertz CT molecular complexity index is 2040. The molecule has 14 nitrogen and oxygen atoms in total. The van der Waals surface area contributed by atoms with Crippen LogP contribution in [0, 0.1) is 0 Å². The molecule has 0 bridgehead atoms. The highest BCUT2D eigenvalue weighted by molar-refractivity contribution is 7.89. The molecule has 15 heteroatoms. The zero-order chi connectivity index (χ0) is 41.3. The third kappa shape index (κ3) is 13.6. The molecule has 308 valence electrons. The van der Waals surface area contributed by atoms with E-state index in [1.165, 1.54) is 12.1 Å². The number of nitrogens with zero attached hydrogens (tertiary/aromatic N) is 2. The summed E-state index contributed by atoms with van der Waals surface area (Å²) < 4.78 is 29.7. The summed E-state index contributed by atoms with van der Waals surface area (Å²) >= 11 is 0. The minimum Gasteiger partial charge on any atom is -0.350 e. The average molecular weight is 811 g/mol. The molecule has 4 aromatic carbocycles. The van der Waals surface area contributed by atoms with Gasteiger partial charge in [0.15, 0.2) is 0 Å². The minimum atomic E-state index is -4.17. The fourth-order valence-corrected chi connectivity index (χ4v) is 7.88. The number of sulfonamides is 1. The largest absolute Gasteiger partial charge is 0.350 e. The van der Waals surface area contributed by atoms with Crippen LogP contribution in [0.25, 0.3) is 0 Å². The van der Waals surface area contributed by atoms with Crippen LogP contribution in [0.5, 0.6) is 0 Å². The standard InChI is InChI=1S/C43H54N8O6S/c1-2-21-50-23-25-51(26-24-50)22-20-41(53)47-37-18-14-33(15-19-37)28-40(49-58(56,57)38-6-4-3-5-7-38)43(55)48-39(27-32-12-16-36(17-13-32)46-31-52)42(54)45-30-35-10-8-34(29-44)9-11-35/h3-19,31,39-40,49H,2,20-30,44H2,1H3,(H,45,54)(H,46,52)(H,47,53)(H,48,55)/t39-,40+/m0/s1. The van der Waals surface area contributed by atoms with Gasteiger partial charge >= 0.3 is 0 Å². The second-order valence-corrected chi connectivity index (χ2v) is 16.0. The normalized spacial score (nSPS) is 14.5. The van der Waals surface area contributed by atoms with Crippen LogP contribution in [0.3, 0.4) is 0 Å². The molecular weight excluding hydrogens is 757 g/mol. The monoisotopic (exact) mass is 810 g/mol. The van der Waals surface area contributed by atoms with Crippen molar-refractivity contribution in [2.45, 2.75) is 62.7 Å². The van der Waals surface area contributed by atoms with Crippen LogP contribution >= 0.6 is 0 Å². The smallest absolute Gasteiger partial charge is 0.243 e. The lowest BCUT2D eigenvalue weighted by atomic mass is 10.0. The summed E-state index contributed by atoms with van der Waals surface area (Å²) in [6.07, 6.45) is 2.07. The predicted molar refractivity (Wildman–Crippen MR) is 225 cm³/mol. The van der Waals surface area contributed by atoms with E-state index in [1.54, 1.807) is 66.7 Å². The maximum Gasteiger partial charge on any atom is 0.243 e. The van der Waals surface area contributed by atoms with Gasteiger partial charge in [0.2, 0.25) is 34.2 Å². The fourth-order valence-electron chi connectivity index (χ4n) is 6.67. The van der Waals surface area contributed by atoms with Crippen molar-refractivity contribution >= 4 is 45.5 Å². The Kier molecular flexibility index (Phi) is 16.5. The topological polar surface area (TPSA) is 195 Å². The van der Waals surface area contributed by atoms with Gasteiger partial charge in [-0.25, -0.2) is 8.42 Å². The van der Waals surface area contributed by atoms with Gasteiger partial charge in [-0.2, -0.15) is 4.72 Å². The van der Waals surface area contributed by atoms with Gasteiger partial charge < -0.3 is 36.8 Å². The van der Waals surface area contributed by atoms with Gasteiger partial charge in [0.05, 0.1) is 4.90 Å². The van der Waals surface area contributed by atoms with Crippen molar-refractivity contribution in [3.05, 3.63) is 125 Å². The lowest BCUT2D eigenvalue weighted by Gasteiger charge is -2.34. The first-order valence-electron chi connectivity index (χ1n) is 19.6. The number of benzene rings is 4. The van der Waals surface area contributed by atoms with Gasteiger partial charge in [-0.3, -0.25) is 19.2 Å². The van der Waals surface area contributed by atoms with Crippen LogP contribution in [0.2, 0.25) is 0 Å². The average Bonchev–Trinajstić information content (AvgIpc) is 3.24. The molecule has 0 aromatic heterocycles. The number of nitrogens with two attached hydrogens (primary N) is 1. The molecule has 1 saturated heterocycles. The molecule has 1 aliphatic heterocycles. The van der Waals surface area contributed by atoms with Crippen molar-refractivity contribution in [3.63, 3.8) is 0 Å². The fraction of sp³-hybridized carbons (Fsp3) is 0.349. The second kappa shape index (κ2) is 21.9. The van der Waals surface area contributed by atoms with Crippen LogP contribution in [0.15, 0.2) is 108 Å². The van der Waals surface area contributed by atoms with Gasteiger partial charge in [-0.1, -0.05) is 73.7 Å². The summed E-state index contributed by atoms with van der Waals surface area (Å²) in [5.74, 6) is -1.29. The minimum absolute atomic E-state index is 0.0207. The first-order valence-corrected chi connectivity index (χ1v) is 21.1. The summed E-state index contributed by atoms with van der Waals surface area (Å²) in [7, 11) is -4.17. The Hall–Kier alpha value is -5.45. The molecule has 4 amide bonds. The van der Waals surface area contributed by atoms with E-state index in [1.807, 2.05) is 24.3 Å². The first kappa shape index (κ1) is 43.7. The Labute approximate surface area is 341 Å². The number of hydrogen-bond donors (Lipinski definition) is 6. The number of amides is 4. The molecule has 0 spiro atoms. The van der Waals surface area contributed by atoms with E-state index in [0.717, 1.165) is 50.3 Å². The molecule has 1 fully saturated rings. The van der Waals surface area contributed by atoms with Crippen molar-refractivity contribution in [1.29, 1.82) is 0 Å². The summed E-state index contributed by atoms with van der Waals surface area (Å²) in [4.78, 5) is 56.4. The Balaban J connectivity index is 1.29. The van der Waals surface area contributed by atoms with Gasteiger partial charge in [0, 0.05) is 70.0 Å². The SMILES string of the molecule is CCCN1CCN(CCC(=O)Nc2ccc(C[C@@H](NS(=O)(=O)c3ccccc3)C(=O)N[C@@H](Cc3ccc(NC=O)cc3)C(=O)NCc3ccc(CN)cc3)cc2)CC1. The van der Waals surface area contributed by atoms with Crippen molar-refractivity contribution in [2.75, 3.05) is 49.9 Å². The molecule has 1 aliphatic rings. The van der Waals surface area contributed by atoms with Crippen molar-refractivity contribution in [1.82, 2.24) is 25.2 Å². The van der Waals surface area contributed by atoms with E-state index in [9.17, 15) is 27.6 Å². The number of carbonyl (C=O) groups is 4. The van der Waals surface area contributed by atoms with Gasteiger partial charge in [0.1, 0.15) is 12.1 Å². The van der Waals surface area contributed by atoms with Crippen LogP contribution in [0.4, 0.5) is 11.4 Å². The number of hydrogen-bond acceptors (Lipinski definition) is 9. The summed E-state index contributed by atoms with van der Waals surface area (Å²) in [6.45, 7) is 8.40. The summed E-state index contributed by atoms with van der Waals surface area (Å²) in [6, 6.07) is 26.5. The van der Waals surface area contributed by atoms with Crippen molar-refractivity contribution < 1.29 is 27.6 Å². The number of anilines is 2. The van der Waals surface area contributed by atoms with E-state index >= 15 is 0 Å². The van der Waals surface area contributed by atoms with E-state index in [4.69, 9.17) is 5.73 Å². The summed E-state index contributed by atoms with van der Waals surface area (Å²) in [5.41, 5.74) is 9.95. The highest BCUT2D eigenvalue weighted by Crippen LogP contribution is 2.16. The van der Waals surface area contributed by atoms with E-state index < -0.39 is 33.9 Å². The second-order valence-electron chi connectivity index (χ2n) is 14.3. The quantitative estimate of drug-likeness (QED) is 0.0687. The Morgan fingerprint density at radius 3 is 1.84 bits per heavy atom. The first-order chi connectivity index (χ1) is 28.0. The zero-order valence-corrected chi connectivity index (χ0v) is 33.7. The highest BCUT2D eigenvalue weighted by atomic mass is 32.2. The molecule has 7 N–H and O–H groups in total. The van der Waals surface area contributed by atoms with Crippen LogP contribution in [0.1, 0.15) is 42.0 Å². The predicted octanol–water partition coefficient (Wildman–Crippen LogP) is 3.00. The lowest BCUT2D eigenvalue weighted by Crippen LogP contribution is -2.55. The van der Waals surface area contributed by atoms with E-state index in [0.29, 0.717) is 48.4 Å². The third-order valence-electron chi connectivity index (χ3n) is 9.98. The number of carbonyl (C=O) groups excluding carboxylic acids is 4. The van der Waals surface area contributed by atoms with Crippen LogP contribution < -0.4 is 31.7 Å². The number of rotatable bonds is 21. The Morgan fingerprint density at radius 1 is 0.707 bits per heavy atom. The summed E-state index contributed by atoms with van der Waals surface area (Å²) in [5, 5.41) is 11.2. The van der Waals surface area contributed by atoms with Gasteiger partial charge in [-0.15, -0.1) is 0 Å². The molecule has 4 aromatic rings. The Morgan fingerprint density at radius 2 is 1.26 bits per heavy atom.